The molecule has 0 spiro atoms. The highest BCUT2D eigenvalue weighted by Gasteiger charge is 2.53. The first kappa shape index (κ1) is 12.8. The SMILES string of the molecule is C[C@]1(C#N)O[C@@H](c2ccc3c(N)ncnn23)[C@H](O)[C@@H]1O. The predicted octanol–water partition coefficient (Wildman–Crippen LogP) is -0.613. The number of rotatable bonds is 1. The Balaban J connectivity index is 2.09. The van der Waals surface area contributed by atoms with Crippen molar-refractivity contribution in [1.29, 1.82) is 5.26 Å². The molecule has 1 aliphatic rings. The zero-order chi connectivity index (χ0) is 14.5. The van der Waals surface area contributed by atoms with E-state index < -0.39 is 23.9 Å². The molecule has 8 nitrogen and oxygen atoms in total. The molecule has 2 aromatic rings. The van der Waals surface area contributed by atoms with Gasteiger partial charge >= 0.3 is 0 Å². The summed E-state index contributed by atoms with van der Waals surface area (Å²) in [7, 11) is 0. The van der Waals surface area contributed by atoms with Crippen molar-refractivity contribution in [2.75, 3.05) is 5.73 Å². The number of aliphatic hydroxyl groups excluding tert-OH is 2. The van der Waals surface area contributed by atoms with Gasteiger partial charge < -0.3 is 20.7 Å². The van der Waals surface area contributed by atoms with Crippen molar-refractivity contribution in [2.45, 2.75) is 30.8 Å². The van der Waals surface area contributed by atoms with Gasteiger partial charge in [-0.3, -0.25) is 0 Å². The minimum Gasteiger partial charge on any atom is -0.387 e. The number of nitrogens with zero attached hydrogens (tertiary/aromatic N) is 4. The molecule has 2 aromatic heterocycles. The van der Waals surface area contributed by atoms with Gasteiger partial charge in [0.25, 0.3) is 0 Å². The van der Waals surface area contributed by atoms with Gasteiger partial charge in [0.05, 0.1) is 5.69 Å². The number of nitrogens with two attached hydrogens (primary N) is 1. The van der Waals surface area contributed by atoms with Crippen LogP contribution in [0.2, 0.25) is 0 Å². The Bertz CT molecular complexity index is 709. The number of nitrogen functional groups attached to an aromatic ring is 1. The summed E-state index contributed by atoms with van der Waals surface area (Å²) in [6, 6.07) is 5.23. The normalized spacial score (nSPS) is 33.4. The zero-order valence-electron chi connectivity index (χ0n) is 10.6. The summed E-state index contributed by atoms with van der Waals surface area (Å²) in [4.78, 5) is 3.87. The van der Waals surface area contributed by atoms with Gasteiger partial charge in [-0.2, -0.15) is 10.4 Å². The average Bonchev–Trinajstić information content (AvgIpc) is 2.96. The molecule has 0 aliphatic carbocycles. The lowest BCUT2D eigenvalue weighted by atomic mass is 9.97. The van der Waals surface area contributed by atoms with Crippen molar-refractivity contribution in [3.8, 4) is 6.07 Å². The van der Waals surface area contributed by atoms with Crippen LogP contribution in [0.4, 0.5) is 5.82 Å². The van der Waals surface area contributed by atoms with Crippen molar-refractivity contribution < 1.29 is 14.9 Å². The molecule has 0 radical (unpaired) electrons. The molecule has 0 saturated carbocycles. The number of hydrogen-bond donors (Lipinski definition) is 3. The first-order valence-corrected chi connectivity index (χ1v) is 6.01. The van der Waals surface area contributed by atoms with E-state index in [0.717, 1.165) is 0 Å². The number of hydrogen-bond acceptors (Lipinski definition) is 7. The van der Waals surface area contributed by atoms with Gasteiger partial charge in [-0.15, -0.1) is 0 Å². The number of fused-ring (bicyclic) bond motifs is 1. The Hall–Kier alpha value is -2.21. The lowest BCUT2D eigenvalue weighted by molar-refractivity contribution is -0.0320. The number of aromatic nitrogens is 3. The molecule has 0 amide bonds. The average molecular weight is 275 g/mol. The van der Waals surface area contributed by atoms with E-state index in [1.807, 2.05) is 6.07 Å². The summed E-state index contributed by atoms with van der Waals surface area (Å²) in [5.74, 6) is 0.294. The second-order valence-electron chi connectivity index (χ2n) is 4.89. The maximum atomic E-state index is 10.1. The van der Waals surface area contributed by atoms with E-state index in [4.69, 9.17) is 15.7 Å². The van der Waals surface area contributed by atoms with Crippen LogP contribution < -0.4 is 5.73 Å². The van der Waals surface area contributed by atoms with Gasteiger partial charge in [0.2, 0.25) is 0 Å². The fourth-order valence-corrected chi connectivity index (χ4v) is 2.41. The molecular weight excluding hydrogens is 262 g/mol. The Morgan fingerprint density at radius 1 is 1.50 bits per heavy atom. The van der Waals surface area contributed by atoms with Gasteiger partial charge in [0, 0.05) is 0 Å². The van der Waals surface area contributed by atoms with Crippen molar-refractivity contribution in [3.63, 3.8) is 0 Å². The zero-order valence-corrected chi connectivity index (χ0v) is 10.6. The van der Waals surface area contributed by atoms with Crippen molar-refractivity contribution in [1.82, 2.24) is 14.6 Å². The van der Waals surface area contributed by atoms with E-state index in [0.29, 0.717) is 17.0 Å². The van der Waals surface area contributed by atoms with Crippen molar-refractivity contribution in [3.05, 3.63) is 24.2 Å². The highest BCUT2D eigenvalue weighted by atomic mass is 16.6. The van der Waals surface area contributed by atoms with Gasteiger partial charge in [-0.25, -0.2) is 9.50 Å². The van der Waals surface area contributed by atoms with Gasteiger partial charge in [-0.05, 0) is 19.1 Å². The predicted molar refractivity (Wildman–Crippen MR) is 67.3 cm³/mol. The molecule has 1 saturated heterocycles. The van der Waals surface area contributed by atoms with Crippen LogP contribution in [0, 0.1) is 11.3 Å². The molecule has 0 aromatic carbocycles. The molecule has 0 unspecified atom stereocenters. The minimum atomic E-state index is -1.47. The number of nitriles is 1. The van der Waals surface area contributed by atoms with Crippen molar-refractivity contribution in [2.24, 2.45) is 0 Å². The van der Waals surface area contributed by atoms with E-state index >= 15 is 0 Å². The molecule has 0 bridgehead atoms. The van der Waals surface area contributed by atoms with Gasteiger partial charge in [0.15, 0.2) is 11.4 Å². The van der Waals surface area contributed by atoms with E-state index in [9.17, 15) is 10.2 Å². The van der Waals surface area contributed by atoms with Crippen LogP contribution in [0.15, 0.2) is 18.5 Å². The van der Waals surface area contributed by atoms with Gasteiger partial charge in [-0.1, -0.05) is 0 Å². The molecule has 8 heteroatoms. The first-order valence-electron chi connectivity index (χ1n) is 6.01. The summed E-state index contributed by atoms with van der Waals surface area (Å²) in [6.07, 6.45) is -2.12. The molecule has 4 atom stereocenters. The molecule has 4 N–H and O–H groups in total. The van der Waals surface area contributed by atoms with E-state index in [2.05, 4.69) is 10.1 Å². The largest absolute Gasteiger partial charge is 0.387 e. The molecule has 3 heterocycles. The molecular formula is C12H13N5O3. The molecule has 3 rings (SSSR count). The Morgan fingerprint density at radius 2 is 2.25 bits per heavy atom. The summed E-state index contributed by atoms with van der Waals surface area (Å²) >= 11 is 0. The van der Waals surface area contributed by atoms with E-state index in [-0.39, 0.29) is 0 Å². The highest BCUT2D eigenvalue weighted by Crippen LogP contribution is 2.40. The summed E-state index contributed by atoms with van der Waals surface area (Å²) < 4.78 is 7.01. The van der Waals surface area contributed by atoms with Crippen LogP contribution in [-0.2, 0) is 4.74 Å². The standard InChI is InChI=1S/C12H13N5O3/c1-12(4-13)10(19)8(18)9(20-12)6-2-3-7-11(14)15-5-16-17(6)7/h2-3,5,8-10,18-19H,1H3,(H2,14,15,16)/t8-,9-,10-,12+/m0/s1. The fourth-order valence-electron chi connectivity index (χ4n) is 2.41. The summed E-state index contributed by atoms with van der Waals surface area (Å²) in [5, 5.41) is 33.2. The Kier molecular flexibility index (Phi) is 2.65. The van der Waals surface area contributed by atoms with Crippen LogP contribution in [0.3, 0.4) is 0 Å². The first-order chi connectivity index (χ1) is 9.48. The second kappa shape index (κ2) is 4.14. The smallest absolute Gasteiger partial charge is 0.180 e. The van der Waals surface area contributed by atoms with Crippen LogP contribution in [0.25, 0.3) is 5.52 Å². The maximum absolute atomic E-state index is 10.1. The fraction of sp³-hybridized carbons (Fsp3) is 0.417. The number of anilines is 1. The van der Waals surface area contributed by atoms with Crippen LogP contribution in [-0.4, -0.2) is 42.6 Å². The minimum absolute atomic E-state index is 0.294. The monoisotopic (exact) mass is 275 g/mol. The lowest BCUT2D eigenvalue weighted by Crippen LogP contribution is -2.38. The van der Waals surface area contributed by atoms with Crippen molar-refractivity contribution >= 4 is 11.3 Å². The Labute approximate surface area is 114 Å². The van der Waals surface area contributed by atoms with E-state index in [1.54, 1.807) is 12.1 Å². The third-order valence-corrected chi connectivity index (χ3v) is 3.59. The maximum Gasteiger partial charge on any atom is 0.180 e. The van der Waals surface area contributed by atoms with Crippen LogP contribution >= 0.6 is 0 Å². The molecule has 1 aliphatic heterocycles. The van der Waals surface area contributed by atoms with Crippen LogP contribution in [0.1, 0.15) is 18.7 Å². The highest BCUT2D eigenvalue weighted by molar-refractivity contribution is 5.65. The number of ether oxygens (including phenoxy) is 1. The van der Waals surface area contributed by atoms with E-state index in [1.165, 1.54) is 17.8 Å². The summed E-state index contributed by atoms with van der Waals surface area (Å²) in [5.41, 5.74) is 5.33. The van der Waals surface area contributed by atoms with Crippen LogP contribution in [0.5, 0.6) is 0 Å². The third kappa shape index (κ3) is 1.58. The second-order valence-corrected chi connectivity index (χ2v) is 4.89. The van der Waals surface area contributed by atoms with Gasteiger partial charge in [0.1, 0.15) is 36.2 Å². The quantitative estimate of drug-likeness (QED) is 0.632. The third-order valence-electron chi connectivity index (χ3n) is 3.59. The molecule has 104 valence electrons. The lowest BCUT2D eigenvalue weighted by Gasteiger charge is -2.18. The molecule has 1 fully saturated rings. The Morgan fingerprint density at radius 3 is 2.90 bits per heavy atom. The topological polar surface area (TPSA) is 130 Å². The number of aliphatic hydroxyl groups is 2. The summed E-state index contributed by atoms with van der Waals surface area (Å²) in [6.45, 7) is 1.43. The molecule has 20 heavy (non-hydrogen) atoms.